The Hall–Kier alpha value is -2.23. The summed E-state index contributed by atoms with van der Waals surface area (Å²) in [5.74, 6) is -0.862. The third kappa shape index (κ3) is 2.74. The van der Waals surface area contributed by atoms with Gasteiger partial charge in [0, 0.05) is 6.54 Å². The topological polar surface area (TPSA) is 146 Å². The van der Waals surface area contributed by atoms with Gasteiger partial charge >= 0.3 is 0 Å². The molecule has 1 saturated carbocycles. The van der Waals surface area contributed by atoms with Crippen molar-refractivity contribution in [1.82, 2.24) is 19.1 Å². The number of nitrogens with two attached hydrogens (primary N) is 1. The fraction of sp³-hybridized carbons (Fsp3) is 0.533. The van der Waals surface area contributed by atoms with Crippen molar-refractivity contribution in [3.63, 3.8) is 0 Å². The molecule has 1 fully saturated rings. The van der Waals surface area contributed by atoms with Crippen molar-refractivity contribution in [2.75, 3.05) is 0 Å². The summed E-state index contributed by atoms with van der Waals surface area (Å²) in [6, 6.07) is 0. The summed E-state index contributed by atoms with van der Waals surface area (Å²) >= 11 is 3.22. The summed E-state index contributed by atoms with van der Waals surface area (Å²) in [7, 11) is 0. The number of rotatable bonds is 6. The predicted molar refractivity (Wildman–Crippen MR) is 95.4 cm³/mol. The van der Waals surface area contributed by atoms with Gasteiger partial charge in [0.25, 0.3) is 5.56 Å². The zero-order valence-electron chi connectivity index (χ0n) is 13.9. The molecular weight excluding hydrogens is 390 g/mol. The van der Waals surface area contributed by atoms with Gasteiger partial charge in [0.1, 0.15) is 11.3 Å². The molecule has 0 aromatic carbocycles. The Balaban J connectivity index is 2.22. The van der Waals surface area contributed by atoms with Crippen LogP contribution in [0.1, 0.15) is 39.0 Å². The van der Waals surface area contributed by atoms with Crippen LogP contribution in [-0.4, -0.2) is 30.8 Å². The Morgan fingerprint density at radius 3 is 2.68 bits per heavy atom. The van der Waals surface area contributed by atoms with Crippen molar-refractivity contribution in [2.45, 2.75) is 45.6 Å². The van der Waals surface area contributed by atoms with E-state index < -0.39 is 16.9 Å². The van der Waals surface area contributed by atoms with Crippen LogP contribution in [0, 0.1) is 16.2 Å². The Kier molecular flexibility index (Phi) is 4.40. The maximum absolute atomic E-state index is 12.8. The number of nitrogens with one attached hydrogen (secondary N) is 3. The third-order valence-corrected chi connectivity index (χ3v) is 5.06. The average molecular weight is 410 g/mol. The number of aromatic nitrogens is 4. The summed E-state index contributed by atoms with van der Waals surface area (Å²) in [5, 5.41) is 16.8. The smallest absolute Gasteiger partial charge is 0.286 e. The maximum atomic E-state index is 12.8. The number of primary amides is 1. The Morgan fingerprint density at radius 2 is 2.12 bits per heavy atom. The summed E-state index contributed by atoms with van der Waals surface area (Å²) in [4.78, 5) is 31.7. The van der Waals surface area contributed by atoms with Gasteiger partial charge < -0.3 is 10.7 Å². The summed E-state index contributed by atoms with van der Waals surface area (Å²) in [6.45, 7) is 2.57. The molecular formula is C15H20BrN7O2. The number of amides is 1. The van der Waals surface area contributed by atoms with Crippen molar-refractivity contribution in [2.24, 2.45) is 11.1 Å². The number of carbonyl (C=O) groups is 1. The van der Waals surface area contributed by atoms with Crippen LogP contribution in [0.5, 0.6) is 0 Å². The minimum absolute atomic E-state index is 0.162. The molecule has 1 aliphatic rings. The maximum Gasteiger partial charge on any atom is 0.286 e. The van der Waals surface area contributed by atoms with E-state index in [1.807, 2.05) is 0 Å². The lowest BCUT2D eigenvalue weighted by molar-refractivity contribution is -0.120. The predicted octanol–water partition coefficient (Wildman–Crippen LogP) is 1.05. The molecule has 3 rings (SSSR count). The van der Waals surface area contributed by atoms with E-state index in [4.69, 9.17) is 16.6 Å². The van der Waals surface area contributed by atoms with Crippen LogP contribution in [0.25, 0.3) is 11.2 Å². The number of fused-ring (bicyclic) bond motifs is 1. The van der Waals surface area contributed by atoms with Crippen LogP contribution in [0.3, 0.4) is 0 Å². The van der Waals surface area contributed by atoms with E-state index in [0.29, 0.717) is 29.8 Å². The van der Waals surface area contributed by atoms with Gasteiger partial charge in [-0.2, -0.15) is 0 Å². The number of H-pyrrole nitrogens is 1. The first-order valence-electron chi connectivity index (χ1n) is 8.18. The SMILES string of the molecule is CCCCCn1c(=N)n(C(=N)C2(C(N)=O)CC2)c(=O)c2[nH]c(Br)nc21. The number of unbranched alkanes of at least 4 members (excludes halogenated alkanes) is 2. The van der Waals surface area contributed by atoms with Gasteiger partial charge in [0.15, 0.2) is 15.9 Å². The third-order valence-electron chi connectivity index (χ3n) is 4.68. The molecule has 2 aromatic heterocycles. The monoisotopic (exact) mass is 409 g/mol. The first kappa shape index (κ1) is 17.6. The van der Waals surface area contributed by atoms with Gasteiger partial charge in [0.2, 0.25) is 11.5 Å². The molecule has 2 aromatic rings. The Morgan fingerprint density at radius 1 is 1.44 bits per heavy atom. The highest BCUT2D eigenvalue weighted by atomic mass is 79.9. The highest BCUT2D eigenvalue weighted by Gasteiger charge is 2.54. The molecule has 25 heavy (non-hydrogen) atoms. The normalized spacial score (nSPS) is 15.4. The quantitative estimate of drug-likeness (QED) is 0.244. The summed E-state index contributed by atoms with van der Waals surface area (Å²) in [5.41, 5.74) is 4.12. The van der Waals surface area contributed by atoms with E-state index in [0.717, 1.165) is 23.8 Å². The highest BCUT2D eigenvalue weighted by molar-refractivity contribution is 9.10. The fourth-order valence-electron chi connectivity index (χ4n) is 2.99. The number of aromatic amines is 1. The summed E-state index contributed by atoms with van der Waals surface area (Å²) < 4.78 is 2.94. The molecule has 0 atom stereocenters. The number of hydrogen-bond donors (Lipinski definition) is 4. The van der Waals surface area contributed by atoms with Crippen LogP contribution in [0.4, 0.5) is 0 Å². The lowest BCUT2D eigenvalue weighted by Gasteiger charge is -2.17. The standard InChI is InChI=1S/C15H20BrN7O2/c1-2-3-4-7-22-9-8(20-13(16)21-9)10(24)23(14(22)19)11(17)15(5-6-15)12(18)25/h17,19H,2-7H2,1H3,(H2,18,25)(H,20,21). The number of nitrogens with zero attached hydrogens (tertiary/aromatic N) is 3. The zero-order chi connectivity index (χ0) is 18.4. The van der Waals surface area contributed by atoms with Crippen molar-refractivity contribution in [1.29, 1.82) is 10.8 Å². The number of aryl methyl sites for hydroxylation is 1. The van der Waals surface area contributed by atoms with E-state index in [2.05, 4.69) is 32.8 Å². The van der Waals surface area contributed by atoms with Gasteiger partial charge in [-0.3, -0.25) is 25.0 Å². The van der Waals surface area contributed by atoms with Crippen LogP contribution in [0.2, 0.25) is 0 Å². The summed E-state index contributed by atoms with van der Waals surface area (Å²) in [6.07, 6.45) is 3.66. The molecule has 0 saturated heterocycles. The van der Waals surface area contributed by atoms with E-state index in [1.165, 1.54) is 0 Å². The fourth-order valence-corrected chi connectivity index (χ4v) is 3.35. The second-order valence-electron chi connectivity index (χ2n) is 6.34. The Bertz CT molecular complexity index is 980. The second-order valence-corrected chi connectivity index (χ2v) is 7.10. The van der Waals surface area contributed by atoms with Gasteiger partial charge in [-0.25, -0.2) is 9.55 Å². The van der Waals surface area contributed by atoms with E-state index in [-0.39, 0.29) is 17.0 Å². The van der Waals surface area contributed by atoms with Gasteiger partial charge in [-0.15, -0.1) is 0 Å². The molecule has 10 heteroatoms. The van der Waals surface area contributed by atoms with Crippen molar-refractivity contribution >= 4 is 38.8 Å². The molecule has 1 amide bonds. The molecule has 0 spiro atoms. The lowest BCUT2D eigenvalue weighted by Crippen LogP contribution is -2.49. The van der Waals surface area contributed by atoms with E-state index in [1.54, 1.807) is 4.57 Å². The first-order chi connectivity index (χ1) is 11.8. The number of carbonyl (C=O) groups excluding carboxylic acids is 1. The number of imidazole rings is 1. The molecule has 5 N–H and O–H groups in total. The van der Waals surface area contributed by atoms with Crippen LogP contribution >= 0.6 is 15.9 Å². The van der Waals surface area contributed by atoms with Crippen LogP contribution < -0.4 is 16.9 Å². The Labute approximate surface area is 151 Å². The number of halogens is 1. The minimum Gasteiger partial charge on any atom is -0.369 e. The molecule has 0 unspecified atom stereocenters. The average Bonchev–Trinajstić information content (AvgIpc) is 3.28. The highest BCUT2D eigenvalue weighted by Crippen LogP contribution is 2.46. The molecule has 0 radical (unpaired) electrons. The number of hydrogen-bond acceptors (Lipinski definition) is 5. The second kappa shape index (κ2) is 6.25. The zero-order valence-corrected chi connectivity index (χ0v) is 15.4. The first-order valence-corrected chi connectivity index (χ1v) is 8.97. The molecule has 134 valence electrons. The van der Waals surface area contributed by atoms with Crippen LogP contribution in [0.15, 0.2) is 9.53 Å². The van der Waals surface area contributed by atoms with Gasteiger partial charge in [-0.05, 0) is 35.2 Å². The molecule has 9 nitrogen and oxygen atoms in total. The molecule has 0 bridgehead atoms. The van der Waals surface area contributed by atoms with Gasteiger partial charge in [-0.1, -0.05) is 19.8 Å². The van der Waals surface area contributed by atoms with E-state index >= 15 is 0 Å². The molecule has 1 aliphatic carbocycles. The molecule has 2 heterocycles. The van der Waals surface area contributed by atoms with Crippen molar-refractivity contribution in [3.8, 4) is 0 Å². The lowest BCUT2D eigenvalue weighted by atomic mass is 10.1. The van der Waals surface area contributed by atoms with E-state index in [9.17, 15) is 9.59 Å². The van der Waals surface area contributed by atoms with Crippen molar-refractivity contribution < 1.29 is 4.79 Å². The molecule has 0 aliphatic heterocycles. The van der Waals surface area contributed by atoms with Crippen molar-refractivity contribution in [3.05, 3.63) is 20.7 Å². The largest absolute Gasteiger partial charge is 0.369 e. The van der Waals surface area contributed by atoms with Crippen LogP contribution in [-0.2, 0) is 11.3 Å². The van der Waals surface area contributed by atoms with Gasteiger partial charge in [0.05, 0.1) is 0 Å². The minimum atomic E-state index is -1.15.